The molecule has 1 saturated heterocycles. The Labute approximate surface area is 122 Å². The Morgan fingerprint density at radius 2 is 2.37 bits per heavy atom. The summed E-state index contributed by atoms with van der Waals surface area (Å²) >= 11 is 3.61. The van der Waals surface area contributed by atoms with Crippen LogP contribution in [0.2, 0.25) is 0 Å². The molecule has 1 aromatic rings. The maximum Gasteiger partial charge on any atom is 0.307 e. The summed E-state index contributed by atoms with van der Waals surface area (Å²) < 4.78 is 5.81. The molecule has 0 aromatic carbocycles. The monoisotopic (exact) mass is 326 g/mol. The molecule has 0 amide bonds. The van der Waals surface area contributed by atoms with Crippen LogP contribution >= 0.6 is 15.9 Å². The average Bonchev–Trinajstić information content (AvgIpc) is 2.42. The average molecular weight is 327 g/mol. The van der Waals surface area contributed by atoms with Gasteiger partial charge >= 0.3 is 5.97 Å². The Bertz CT molecular complexity index is 465. The van der Waals surface area contributed by atoms with Crippen molar-refractivity contribution in [2.24, 2.45) is 0 Å². The van der Waals surface area contributed by atoms with Crippen LogP contribution in [-0.4, -0.2) is 30.6 Å². The van der Waals surface area contributed by atoms with Crippen LogP contribution in [0.4, 0.5) is 5.82 Å². The highest BCUT2D eigenvalue weighted by molar-refractivity contribution is 9.10. The van der Waals surface area contributed by atoms with Gasteiger partial charge < -0.3 is 9.64 Å². The van der Waals surface area contributed by atoms with E-state index in [0.717, 1.165) is 41.7 Å². The minimum atomic E-state index is -0.152. The maximum absolute atomic E-state index is 11.5. The fraction of sp³-hybridized carbons (Fsp3) is 0.571. The van der Waals surface area contributed by atoms with Gasteiger partial charge in [0.1, 0.15) is 5.82 Å². The summed E-state index contributed by atoms with van der Waals surface area (Å²) in [4.78, 5) is 18.2. The predicted octanol–water partition coefficient (Wildman–Crippen LogP) is 3.07. The van der Waals surface area contributed by atoms with Crippen molar-refractivity contribution in [3.63, 3.8) is 0 Å². The molecule has 0 bridgehead atoms. The second-order valence-electron chi connectivity index (χ2n) is 4.89. The van der Waals surface area contributed by atoms with Crippen molar-refractivity contribution in [3.8, 4) is 0 Å². The summed E-state index contributed by atoms with van der Waals surface area (Å²) in [5, 5.41) is 0. The van der Waals surface area contributed by atoms with E-state index in [9.17, 15) is 4.79 Å². The van der Waals surface area contributed by atoms with Crippen molar-refractivity contribution < 1.29 is 9.53 Å². The molecule has 1 unspecified atom stereocenters. The van der Waals surface area contributed by atoms with Gasteiger partial charge in [0.2, 0.25) is 0 Å². The number of rotatable bonds is 3. The molecule has 1 aliphatic rings. The number of hydrogen-bond donors (Lipinski definition) is 0. The van der Waals surface area contributed by atoms with E-state index >= 15 is 0 Å². The van der Waals surface area contributed by atoms with Crippen molar-refractivity contribution in [2.75, 3.05) is 18.6 Å². The third-order valence-electron chi connectivity index (χ3n) is 3.59. The lowest BCUT2D eigenvalue weighted by Crippen LogP contribution is -2.41. The van der Waals surface area contributed by atoms with Gasteiger partial charge in [0, 0.05) is 18.8 Å². The van der Waals surface area contributed by atoms with Crippen LogP contribution in [-0.2, 0) is 9.53 Å². The summed E-state index contributed by atoms with van der Waals surface area (Å²) in [6, 6.07) is 2.17. The number of carbonyl (C=O) groups is 1. The Morgan fingerprint density at radius 1 is 1.58 bits per heavy atom. The normalized spacial score (nSPS) is 19.3. The predicted molar refractivity (Wildman–Crippen MR) is 78.3 cm³/mol. The van der Waals surface area contributed by atoms with Gasteiger partial charge in [-0.05, 0) is 53.7 Å². The van der Waals surface area contributed by atoms with Gasteiger partial charge in [-0.2, -0.15) is 0 Å². The van der Waals surface area contributed by atoms with Gasteiger partial charge in [-0.1, -0.05) is 0 Å². The SMILES string of the molecule is COC(=O)CC1CCCCN1c1nccc(C)c1Br. The number of aryl methyl sites for hydroxylation is 1. The first-order valence-corrected chi connectivity index (χ1v) is 7.37. The number of aromatic nitrogens is 1. The molecule has 19 heavy (non-hydrogen) atoms. The lowest BCUT2D eigenvalue weighted by atomic mass is 9.99. The molecule has 0 radical (unpaired) electrons. The fourth-order valence-electron chi connectivity index (χ4n) is 2.49. The molecular weight excluding hydrogens is 308 g/mol. The van der Waals surface area contributed by atoms with Gasteiger partial charge in [-0.25, -0.2) is 4.98 Å². The summed E-state index contributed by atoms with van der Waals surface area (Å²) in [6.07, 6.45) is 5.55. The van der Waals surface area contributed by atoms with Crippen molar-refractivity contribution in [1.82, 2.24) is 4.98 Å². The van der Waals surface area contributed by atoms with Crippen molar-refractivity contribution in [3.05, 3.63) is 22.3 Å². The number of carbonyl (C=O) groups excluding carboxylic acids is 1. The fourth-order valence-corrected chi connectivity index (χ4v) is 2.96. The second-order valence-corrected chi connectivity index (χ2v) is 5.68. The number of hydrogen-bond acceptors (Lipinski definition) is 4. The zero-order valence-electron chi connectivity index (χ0n) is 11.4. The third kappa shape index (κ3) is 3.26. The van der Waals surface area contributed by atoms with E-state index in [1.165, 1.54) is 7.11 Å². The van der Waals surface area contributed by atoms with Crippen LogP contribution in [0.3, 0.4) is 0 Å². The molecular formula is C14H19BrN2O2. The van der Waals surface area contributed by atoms with Gasteiger partial charge in [-0.3, -0.25) is 4.79 Å². The minimum absolute atomic E-state index is 0.152. The molecule has 0 saturated carbocycles. The van der Waals surface area contributed by atoms with Crippen LogP contribution in [0, 0.1) is 6.92 Å². The number of anilines is 1. The smallest absolute Gasteiger partial charge is 0.307 e. The van der Waals surface area contributed by atoms with Crippen LogP contribution < -0.4 is 4.90 Å². The zero-order chi connectivity index (χ0) is 13.8. The highest BCUT2D eigenvalue weighted by Crippen LogP contribution is 2.32. The number of halogens is 1. The van der Waals surface area contributed by atoms with E-state index in [2.05, 4.69) is 32.7 Å². The second kappa shape index (κ2) is 6.37. The van der Waals surface area contributed by atoms with E-state index in [-0.39, 0.29) is 12.0 Å². The van der Waals surface area contributed by atoms with E-state index in [1.807, 2.05) is 12.3 Å². The highest BCUT2D eigenvalue weighted by Gasteiger charge is 2.27. The number of pyridine rings is 1. The van der Waals surface area contributed by atoms with Gasteiger partial charge in [-0.15, -0.1) is 0 Å². The molecule has 0 spiro atoms. The van der Waals surface area contributed by atoms with Crippen molar-refractivity contribution in [1.29, 1.82) is 0 Å². The lowest BCUT2D eigenvalue weighted by molar-refractivity contribution is -0.141. The van der Waals surface area contributed by atoms with Gasteiger partial charge in [0.15, 0.2) is 0 Å². The van der Waals surface area contributed by atoms with E-state index in [4.69, 9.17) is 4.74 Å². The molecule has 1 aliphatic heterocycles. The molecule has 1 aromatic heterocycles. The molecule has 4 nitrogen and oxygen atoms in total. The minimum Gasteiger partial charge on any atom is -0.469 e. The molecule has 104 valence electrons. The first-order valence-electron chi connectivity index (χ1n) is 6.58. The number of esters is 1. The molecule has 2 rings (SSSR count). The quantitative estimate of drug-likeness (QED) is 0.800. The van der Waals surface area contributed by atoms with Crippen LogP contribution in [0.1, 0.15) is 31.2 Å². The Hall–Kier alpha value is -1.10. The first kappa shape index (κ1) is 14.3. The summed E-state index contributed by atoms with van der Waals surface area (Å²) in [6.45, 7) is 2.99. The standard InChI is InChI=1S/C14H19BrN2O2/c1-10-6-7-16-14(13(10)15)17-8-4-3-5-11(17)9-12(18)19-2/h6-7,11H,3-5,8-9H2,1-2H3. The topological polar surface area (TPSA) is 42.4 Å². The zero-order valence-corrected chi connectivity index (χ0v) is 12.9. The number of nitrogens with zero attached hydrogens (tertiary/aromatic N) is 2. The number of ether oxygens (including phenoxy) is 1. The molecule has 1 fully saturated rings. The maximum atomic E-state index is 11.5. The van der Waals surface area contributed by atoms with E-state index in [0.29, 0.717) is 6.42 Å². The number of methoxy groups -OCH3 is 1. The first-order chi connectivity index (χ1) is 9.13. The molecule has 0 aliphatic carbocycles. The largest absolute Gasteiger partial charge is 0.469 e. The molecule has 1 atom stereocenters. The van der Waals surface area contributed by atoms with Crippen molar-refractivity contribution >= 4 is 27.7 Å². The van der Waals surface area contributed by atoms with Crippen molar-refractivity contribution in [2.45, 2.75) is 38.6 Å². The van der Waals surface area contributed by atoms with Crippen LogP contribution in [0.5, 0.6) is 0 Å². The Balaban J connectivity index is 2.23. The highest BCUT2D eigenvalue weighted by atomic mass is 79.9. The molecule has 2 heterocycles. The number of piperidine rings is 1. The lowest BCUT2D eigenvalue weighted by Gasteiger charge is -2.36. The summed E-state index contributed by atoms with van der Waals surface area (Å²) in [5.74, 6) is 0.786. The Morgan fingerprint density at radius 3 is 3.11 bits per heavy atom. The Kier molecular flexibility index (Phi) is 4.80. The third-order valence-corrected chi connectivity index (χ3v) is 4.57. The van der Waals surface area contributed by atoms with Crippen LogP contribution in [0.15, 0.2) is 16.7 Å². The summed E-state index contributed by atoms with van der Waals surface area (Å²) in [7, 11) is 1.44. The molecule has 0 N–H and O–H groups in total. The van der Waals surface area contributed by atoms with Gasteiger partial charge in [0.25, 0.3) is 0 Å². The summed E-state index contributed by atoms with van der Waals surface area (Å²) in [5.41, 5.74) is 1.16. The van der Waals surface area contributed by atoms with Gasteiger partial charge in [0.05, 0.1) is 18.0 Å². The van der Waals surface area contributed by atoms with Crippen LogP contribution in [0.25, 0.3) is 0 Å². The van der Waals surface area contributed by atoms with E-state index in [1.54, 1.807) is 0 Å². The molecule has 5 heteroatoms. The van der Waals surface area contributed by atoms with E-state index < -0.39 is 0 Å².